The summed E-state index contributed by atoms with van der Waals surface area (Å²) in [6, 6.07) is 3.00. The van der Waals surface area contributed by atoms with E-state index < -0.39 is 16.1 Å². The van der Waals surface area contributed by atoms with Crippen molar-refractivity contribution < 1.29 is 8.42 Å². The molecule has 7 heteroatoms. The molecule has 0 radical (unpaired) electrons. The number of piperidine rings is 1. The van der Waals surface area contributed by atoms with Crippen LogP contribution in [-0.4, -0.2) is 30.3 Å². The number of pyridine rings is 1. The van der Waals surface area contributed by atoms with E-state index in [4.69, 9.17) is 5.26 Å². The molecule has 1 atom stereocenters. The van der Waals surface area contributed by atoms with Gasteiger partial charge in [0.2, 0.25) is 10.0 Å². The third-order valence-electron chi connectivity index (χ3n) is 2.89. The molecular weight excluding hydrogens is 318 g/mol. The smallest absolute Gasteiger partial charge is 0.245 e. The molecule has 0 bridgehead atoms. The molecule has 0 spiro atoms. The van der Waals surface area contributed by atoms with Gasteiger partial charge < -0.3 is 0 Å². The van der Waals surface area contributed by atoms with E-state index in [9.17, 15) is 8.42 Å². The van der Waals surface area contributed by atoms with Crippen LogP contribution in [0.2, 0.25) is 0 Å². The number of aromatic nitrogens is 1. The van der Waals surface area contributed by atoms with E-state index in [-0.39, 0.29) is 4.90 Å². The molecule has 1 aromatic rings. The molecule has 18 heavy (non-hydrogen) atoms. The van der Waals surface area contributed by atoms with Gasteiger partial charge in [-0.15, -0.1) is 0 Å². The van der Waals surface area contributed by atoms with Crippen molar-refractivity contribution in [1.29, 1.82) is 5.26 Å². The predicted octanol–water partition coefficient (Wildman–Crippen LogP) is 1.91. The lowest BCUT2D eigenvalue weighted by Gasteiger charge is -2.30. The van der Waals surface area contributed by atoms with Crippen molar-refractivity contribution in [1.82, 2.24) is 9.29 Å². The van der Waals surface area contributed by atoms with Crippen molar-refractivity contribution >= 4 is 26.0 Å². The van der Waals surface area contributed by atoms with Crippen LogP contribution in [0.15, 0.2) is 27.8 Å². The number of sulfonamides is 1. The first-order valence-electron chi connectivity index (χ1n) is 5.58. The first kappa shape index (κ1) is 13.5. The fourth-order valence-corrected chi connectivity index (χ4v) is 4.10. The highest BCUT2D eigenvalue weighted by molar-refractivity contribution is 9.10. The van der Waals surface area contributed by atoms with Crippen molar-refractivity contribution in [3.8, 4) is 6.07 Å². The van der Waals surface area contributed by atoms with Gasteiger partial charge in [0.25, 0.3) is 0 Å². The quantitative estimate of drug-likeness (QED) is 0.830. The van der Waals surface area contributed by atoms with Crippen molar-refractivity contribution in [2.45, 2.75) is 30.2 Å². The summed E-state index contributed by atoms with van der Waals surface area (Å²) in [4.78, 5) is 3.98. The molecule has 2 rings (SSSR count). The Morgan fingerprint density at radius 2 is 2.22 bits per heavy atom. The Kier molecular flexibility index (Phi) is 4.00. The Bertz CT molecular complexity index is 582. The Morgan fingerprint density at radius 3 is 2.89 bits per heavy atom. The fourth-order valence-electron chi connectivity index (χ4n) is 1.99. The van der Waals surface area contributed by atoms with E-state index >= 15 is 0 Å². The zero-order valence-electron chi connectivity index (χ0n) is 9.58. The number of hydrogen-bond donors (Lipinski definition) is 0. The maximum atomic E-state index is 12.4. The summed E-state index contributed by atoms with van der Waals surface area (Å²) in [7, 11) is -3.63. The van der Waals surface area contributed by atoms with Crippen LogP contribution in [-0.2, 0) is 10.0 Å². The van der Waals surface area contributed by atoms with Gasteiger partial charge in [0.05, 0.1) is 6.07 Å². The van der Waals surface area contributed by atoms with Crippen LogP contribution in [0.25, 0.3) is 0 Å². The summed E-state index contributed by atoms with van der Waals surface area (Å²) in [5.74, 6) is 0. The fraction of sp³-hybridized carbons (Fsp3) is 0.455. The molecule has 0 amide bonds. The molecule has 0 N–H and O–H groups in total. The van der Waals surface area contributed by atoms with Gasteiger partial charge in [-0.1, -0.05) is 0 Å². The first-order valence-corrected chi connectivity index (χ1v) is 7.81. The summed E-state index contributed by atoms with van der Waals surface area (Å²) < 4.78 is 26.7. The van der Waals surface area contributed by atoms with Gasteiger partial charge in [-0.3, -0.25) is 4.98 Å². The molecule has 1 unspecified atom stereocenters. The second kappa shape index (κ2) is 5.34. The van der Waals surface area contributed by atoms with Crippen molar-refractivity contribution in [2.75, 3.05) is 6.54 Å². The number of rotatable bonds is 2. The summed E-state index contributed by atoms with van der Waals surface area (Å²) in [5, 5.41) is 9.05. The van der Waals surface area contributed by atoms with Gasteiger partial charge >= 0.3 is 0 Å². The van der Waals surface area contributed by atoms with Crippen molar-refractivity contribution in [2.24, 2.45) is 0 Å². The molecule has 2 heterocycles. The summed E-state index contributed by atoms with van der Waals surface area (Å²) in [6.07, 6.45) is 5.11. The van der Waals surface area contributed by atoms with E-state index in [0.29, 0.717) is 17.4 Å². The maximum absolute atomic E-state index is 12.4. The van der Waals surface area contributed by atoms with Gasteiger partial charge in [-0.25, -0.2) is 8.42 Å². The van der Waals surface area contributed by atoms with E-state index in [1.807, 2.05) is 0 Å². The standard InChI is InChI=1S/C11H12BrN3O2S/c12-9-5-11(8-14-7-9)18(16,17)15-4-2-1-3-10(15)6-13/h5,7-8,10H,1-4H2. The van der Waals surface area contributed by atoms with Gasteiger partial charge in [-0.05, 0) is 41.3 Å². The summed E-state index contributed by atoms with van der Waals surface area (Å²) in [6.45, 7) is 0.396. The lowest BCUT2D eigenvalue weighted by Crippen LogP contribution is -2.42. The summed E-state index contributed by atoms with van der Waals surface area (Å²) >= 11 is 3.20. The zero-order valence-corrected chi connectivity index (χ0v) is 12.0. The van der Waals surface area contributed by atoms with E-state index in [1.54, 1.807) is 0 Å². The molecule has 0 aliphatic carbocycles. The highest BCUT2D eigenvalue weighted by Gasteiger charge is 2.33. The van der Waals surface area contributed by atoms with Crippen molar-refractivity contribution in [3.05, 3.63) is 22.9 Å². The lowest BCUT2D eigenvalue weighted by molar-refractivity contribution is 0.297. The van der Waals surface area contributed by atoms with E-state index in [0.717, 1.165) is 12.8 Å². The number of halogens is 1. The topological polar surface area (TPSA) is 74.1 Å². The molecule has 96 valence electrons. The lowest BCUT2D eigenvalue weighted by atomic mass is 10.1. The van der Waals surface area contributed by atoms with E-state index in [1.165, 1.54) is 22.8 Å². The minimum atomic E-state index is -3.63. The molecule has 0 aromatic carbocycles. The third-order valence-corrected chi connectivity index (χ3v) is 5.20. The average Bonchev–Trinajstić information content (AvgIpc) is 2.38. The monoisotopic (exact) mass is 329 g/mol. The molecule has 1 aliphatic rings. The molecular formula is C11H12BrN3O2S. The Hall–Kier alpha value is -0.970. The molecule has 0 saturated carbocycles. The minimum Gasteiger partial charge on any atom is -0.262 e. The van der Waals surface area contributed by atoms with Crippen LogP contribution in [0.1, 0.15) is 19.3 Å². The average molecular weight is 330 g/mol. The molecule has 5 nitrogen and oxygen atoms in total. The number of nitrogens with zero attached hydrogens (tertiary/aromatic N) is 3. The second-order valence-electron chi connectivity index (χ2n) is 4.10. The second-order valence-corrected chi connectivity index (χ2v) is 6.90. The minimum absolute atomic E-state index is 0.124. The van der Waals surface area contributed by atoms with Gasteiger partial charge in [0.15, 0.2) is 0 Å². The third kappa shape index (κ3) is 2.55. The van der Waals surface area contributed by atoms with Crippen LogP contribution >= 0.6 is 15.9 Å². The largest absolute Gasteiger partial charge is 0.262 e. The van der Waals surface area contributed by atoms with Gasteiger partial charge in [-0.2, -0.15) is 9.57 Å². The molecule has 1 saturated heterocycles. The van der Waals surface area contributed by atoms with Gasteiger partial charge in [0.1, 0.15) is 10.9 Å². The Morgan fingerprint density at radius 1 is 1.44 bits per heavy atom. The normalized spacial score (nSPS) is 21.4. The SMILES string of the molecule is N#CC1CCCCN1S(=O)(=O)c1cncc(Br)c1. The van der Waals surface area contributed by atoms with Crippen LogP contribution in [0, 0.1) is 11.3 Å². The molecule has 1 aromatic heterocycles. The van der Waals surface area contributed by atoms with Crippen LogP contribution in [0.3, 0.4) is 0 Å². The Balaban J connectivity index is 2.39. The number of hydrogen-bond acceptors (Lipinski definition) is 4. The van der Waals surface area contributed by atoms with E-state index in [2.05, 4.69) is 27.0 Å². The highest BCUT2D eigenvalue weighted by Crippen LogP contribution is 2.25. The van der Waals surface area contributed by atoms with Crippen LogP contribution in [0.5, 0.6) is 0 Å². The Labute approximate surface area is 115 Å². The predicted molar refractivity (Wildman–Crippen MR) is 69.1 cm³/mol. The zero-order chi connectivity index (χ0) is 13.2. The van der Waals surface area contributed by atoms with Crippen LogP contribution in [0.4, 0.5) is 0 Å². The van der Waals surface area contributed by atoms with Gasteiger partial charge in [0, 0.05) is 23.4 Å². The number of nitriles is 1. The highest BCUT2D eigenvalue weighted by atomic mass is 79.9. The molecule has 1 aliphatic heterocycles. The molecule has 1 fully saturated rings. The summed E-state index contributed by atoms with van der Waals surface area (Å²) in [5.41, 5.74) is 0. The maximum Gasteiger partial charge on any atom is 0.245 e. The van der Waals surface area contributed by atoms with Crippen molar-refractivity contribution in [3.63, 3.8) is 0 Å². The van der Waals surface area contributed by atoms with Crippen LogP contribution < -0.4 is 0 Å². The first-order chi connectivity index (χ1) is 8.55.